The van der Waals surface area contributed by atoms with E-state index in [1.54, 1.807) is 13.2 Å². The lowest BCUT2D eigenvalue weighted by Gasteiger charge is -2.39. The number of hydrogen-bond donors (Lipinski definition) is 2. The van der Waals surface area contributed by atoms with Gasteiger partial charge >= 0.3 is 5.97 Å². The van der Waals surface area contributed by atoms with Crippen molar-refractivity contribution >= 4 is 23.3 Å². The largest absolute Gasteiger partial charge is 0.497 e. The molecule has 0 unspecified atom stereocenters. The van der Waals surface area contributed by atoms with Crippen LogP contribution in [-0.4, -0.2) is 43.4 Å². The van der Waals surface area contributed by atoms with E-state index in [4.69, 9.17) is 16.3 Å². The van der Waals surface area contributed by atoms with Crippen LogP contribution in [-0.2, 0) is 6.42 Å². The van der Waals surface area contributed by atoms with Crippen molar-refractivity contribution in [2.24, 2.45) is 0 Å². The van der Waals surface area contributed by atoms with Crippen molar-refractivity contribution < 1.29 is 14.6 Å². The molecule has 1 fully saturated rings. The number of carboxylic acid groups (broad SMARTS) is 1. The SMILES string of the molecule is CCN(c1cc(Cl)cc(C(=O)O)c1C)[C@H]1CC[C@H](NCCc2cccc(OC)c2)CC1. The fraction of sp³-hybridized carbons (Fsp3) is 0.480. The number of carboxylic acids is 1. The van der Waals surface area contributed by atoms with Crippen molar-refractivity contribution in [3.8, 4) is 5.75 Å². The zero-order valence-electron chi connectivity index (χ0n) is 18.7. The first kappa shape index (κ1) is 23.4. The number of aromatic carboxylic acids is 1. The molecule has 2 aromatic rings. The van der Waals surface area contributed by atoms with Gasteiger partial charge in [-0.25, -0.2) is 4.79 Å². The molecule has 0 aromatic heterocycles. The average Bonchev–Trinajstić information content (AvgIpc) is 2.77. The molecule has 5 nitrogen and oxygen atoms in total. The van der Waals surface area contributed by atoms with Gasteiger partial charge in [-0.1, -0.05) is 23.7 Å². The molecule has 0 radical (unpaired) electrons. The number of halogens is 1. The number of nitrogens with one attached hydrogen (secondary N) is 1. The van der Waals surface area contributed by atoms with Crippen molar-refractivity contribution in [3.63, 3.8) is 0 Å². The summed E-state index contributed by atoms with van der Waals surface area (Å²) in [5, 5.41) is 13.7. The van der Waals surface area contributed by atoms with Crippen molar-refractivity contribution in [3.05, 3.63) is 58.1 Å². The minimum atomic E-state index is -0.929. The van der Waals surface area contributed by atoms with E-state index in [2.05, 4.69) is 29.3 Å². The van der Waals surface area contributed by atoms with Crippen LogP contribution in [0.5, 0.6) is 5.75 Å². The first-order valence-electron chi connectivity index (χ1n) is 11.1. The summed E-state index contributed by atoms with van der Waals surface area (Å²) in [6.45, 7) is 5.79. The van der Waals surface area contributed by atoms with Crippen molar-refractivity contribution in [1.29, 1.82) is 0 Å². The molecule has 2 aromatic carbocycles. The summed E-state index contributed by atoms with van der Waals surface area (Å²) in [6, 6.07) is 12.6. The van der Waals surface area contributed by atoms with Crippen LogP contribution >= 0.6 is 11.6 Å². The van der Waals surface area contributed by atoms with Crippen LogP contribution in [0.15, 0.2) is 36.4 Å². The van der Waals surface area contributed by atoms with E-state index in [0.717, 1.165) is 62.2 Å². The third-order valence-corrected chi connectivity index (χ3v) is 6.56. The van der Waals surface area contributed by atoms with Crippen molar-refractivity contribution in [2.75, 3.05) is 25.1 Å². The maximum atomic E-state index is 11.6. The molecular weight excluding hydrogens is 412 g/mol. The number of anilines is 1. The standard InChI is InChI=1S/C25H33ClN2O3/c1-4-28(24-16-19(26)15-23(17(24)2)25(29)30)21-10-8-20(9-11-21)27-13-12-18-6-5-7-22(14-18)31-3/h5-7,14-16,20-21,27H,4,8-13H2,1-3H3,(H,29,30)/t20-,21-. The molecule has 0 bridgehead atoms. The molecule has 1 aliphatic carbocycles. The fourth-order valence-electron chi connectivity index (χ4n) is 4.65. The molecule has 31 heavy (non-hydrogen) atoms. The van der Waals surface area contributed by atoms with Crippen LogP contribution in [0.25, 0.3) is 0 Å². The summed E-state index contributed by atoms with van der Waals surface area (Å²) in [5.41, 5.74) is 3.30. The Morgan fingerprint density at radius 2 is 1.97 bits per heavy atom. The number of rotatable bonds is 9. The van der Waals surface area contributed by atoms with E-state index in [1.165, 1.54) is 5.56 Å². The molecule has 0 spiro atoms. The van der Waals surface area contributed by atoms with Gasteiger partial charge in [-0.3, -0.25) is 0 Å². The molecule has 0 atom stereocenters. The van der Waals surface area contributed by atoms with Gasteiger partial charge in [0.25, 0.3) is 0 Å². The van der Waals surface area contributed by atoms with Crippen LogP contribution in [0.1, 0.15) is 54.1 Å². The van der Waals surface area contributed by atoms with Gasteiger partial charge in [-0.2, -0.15) is 0 Å². The van der Waals surface area contributed by atoms with Crippen LogP contribution < -0.4 is 15.0 Å². The number of methoxy groups -OCH3 is 1. The monoisotopic (exact) mass is 444 g/mol. The van der Waals surface area contributed by atoms with Crippen molar-refractivity contribution in [1.82, 2.24) is 5.32 Å². The molecule has 0 heterocycles. The Labute approximate surface area is 190 Å². The molecule has 3 rings (SSSR count). The summed E-state index contributed by atoms with van der Waals surface area (Å²) in [4.78, 5) is 13.9. The second-order valence-corrected chi connectivity index (χ2v) is 8.69. The molecule has 1 saturated carbocycles. The zero-order valence-corrected chi connectivity index (χ0v) is 19.4. The third kappa shape index (κ3) is 5.92. The molecular formula is C25H33ClN2O3. The van der Waals surface area contributed by atoms with Gasteiger partial charge in [-0.05, 0) is 87.9 Å². The molecule has 0 amide bonds. The Morgan fingerprint density at radius 3 is 2.61 bits per heavy atom. The molecule has 0 aliphatic heterocycles. The second-order valence-electron chi connectivity index (χ2n) is 8.25. The topological polar surface area (TPSA) is 61.8 Å². The first-order valence-corrected chi connectivity index (χ1v) is 11.5. The van der Waals surface area contributed by atoms with Gasteiger partial charge < -0.3 is 20.1 Å². The van der Waals surface area contributed by atoms with Gasteiger partial charge in [0.1, 0.15) is 5.75 Å². The van der Waals surface area contributed by atoms with E-state index in [1.807, 2.05) is 25.1 Å². The highest BCUT2D eigenvalue weighted by Gasteiger charge is 2.27. The minimum absolute atomic E-state index is 0.286. The molecule has 6 heteroatoms. The Balaban J connectivity index is 1.56. The van der Waals surface area contributed by atoms with Crippen LogP contribution in [0, 0.1) is 6.92 Å². The maximum absolute atomic E-state index is 11.6. The zero-order chi connectivity index (χ0) is 22.4. The lowest BCUT2D eigenvalue weighted by atomic mass is 9.89. The predicted octanol–water partition coefficient (Wildman–Crippen LogP) is 5.33. The number of nitrogens with zero attached hydrogens (tertiary/aromatic N) is 1. The molecule has 0 saturated heterocycles. The van der Waals surface area contributed by atoms with Gasteiger partial charge in [0, 0.05) is 29.3 Å². The quantitative estimate of drug-likeness (QED) is 0.547. The number of hydrogen-bond acceptors (Lipinski definition) is 4. The predicted molar refractivity (Wildman–Crippen MR) is 127 cm³/mol. The molecule has 1 aliphatic rings. The number of ether oxygens (including phenoxy) is 1. The average molecular weight is 445 g/mol. The number of benzene rings is 2. The highest BCUT2D eigenvalue weighted by molar-refractivity contribution is 6.31. The normalized spacial score (nSPS) is 18.6. The van der Waals surface area contributed by atoms with Gasteiger partial charge in [0.05, 0.1) is 12.7 Å². The van der Waals surface area contributed by atoms with Crippen LogP contribution in [0.2, 0.25) is 5.02 Å². The first-order chi connectivity index (χ1) is 14.9. The maximum Gasteiger partial charge on any atom is 0.336 e. The van der Waals surface area contributed by atoms with Gasteiger partial charge in [0.15, 0.2) is 0 Å². The van der Waals surface area contributed by atoms with Crippen LogP contribution in [0.4, 0.5) is 5.69 Å². The highest BCUT2D eigenvalue weighted by Crippen LogP contribution is 2.33. The smallest absolute Gasteiger partial charge is 0.336 e. The lowest BCUT2D eigenvalue weighted by Crippen LogP contribution is -2.43. The molecule has 2 N–H and O–H groups in total. The lowest BCUT2D eigenvalue weighted by molar-refractivity contribution is 0.0696. The Hall–Kier alpha value is -2.24. The van der Waals surface area contributed by atoms with Crippen molar-refractivity contribution in [2.45, 2.75) is 58.0 Å². The Kier molecular flexibility index (Phi) is 8.22. The summed E-state index contributed by atoms with van der Waals surface area (Å²) in [7, 11) is 1.70. The van der Waals surface area contributed by atoms with E-state index in [0.29, 0.717) is 17.1 Å². The minimum Gasteiger partial charge on any atom is -0.497 e. The highest BCUT2D eigenvalue weighted by atomic mass is 35.5. The van der Waals surface area contributed by atoms with Crippen LogP contribution in [0.3, 0.4) is 0 Å². The summed E-state index contributed by atoms with van der Waals surface area (Å²) < 4.78 is 5.30. The summed E-state index contributed by atoms with van der Waals surface area (Å²) in [5.74, 6) is -0.0266. The van der Waals surface area contributed by atoms with E-state index in [9.17, 15) is 9.90 Å². The van der Waals surface area contributed by atoms with E-state index in [-0.39, 0.29) is 5.56 Å². The summed E-state index contributed by atoms with van der Waals surface area (Å²) in [6.07, 6.45) is 5.38. The third-order valence-electron chi connectivity index (χ3n) is 6.34. The number of carbonyl (C=O) groups is 1. The second kappa shape index (κ2) is 10.9. The van der Waals surface area contributed by atoms with Gasteiger partial charge in [0.2, 0.25) is 0 Å². The summed E-state index contributed by atoms with van der Waals surface area (Å²) >= 11 is 6.25. The Morgan fingerprint density at radius 1 is 1.23 bits per heavy atom. The van der Waals surface area contributed by atoms with E-state index < -0.39 is 5.97 Å². The van der Waals surface area contributed by atoms with Gasteiger partial charge in [-0.15, -0.1) is 0 Å². The Bertz CT molecular complexity index is 894. The fourth-order valence-corrected chi connectivity index (χ4v) is 4.86. The van der Waals surface area contributed by atoms with E-state index >= 15 is 0 Å². The molecule has 168 valence electrons.